The Morgan fingerprint density at radius 3 is 2.67 bits per heavy atom. The average molecular weight is 256 g/mol. The van der Waals surface area contributed by atoms with Crippen molar-refractivity contribution in [3.05, 3.63) is 0 Å². The molecular formula is C13H24N2O3. The maximum Gasteiger partial charge on any atom is 0.303 e. The van der Waals surface area contributed by atoms with Crippen molar-refractivity contribution in [2.24, 2.45) is 5.92 Å². The van der Waals surface area contributed by atoms with Gasteiger partial charge in [0.05, 0.1) is 6.04 Å². The van der Waals surface area contributed by atoms with Gasteiger partial charge in [-0.15, -0.1) is 0 Å². The maximum absolute atomic E-state index is 12.2. The number of aliphatic carboxylic acids is 1. The Hall–Kier alpha value is -1.10. The minimum atomic E-state index is -0.858. The Kier molecular flexibility index (Phi) is 4.73. The van der Waals surface area contributed by atoms with E-state index in [-0.39, 0.29) is 23.9 Å². The van der Waals surface area contributed by atoms with Gasteiger partial charge in [-0.3, -0.25) is 14.9 Å². The Morgan fingerprint density at radius 2 is 2.17 bits per heavy atom. The van der Waals surface area contributed by atoms with Crippen LogP contribution in [0.3, 0.4) is 0 Å². The highest BCUT2D eigenvalue weighted by Gasteiger charge is 2.37. The first kappa shape index (κ1) is 15.0. The molecule has 5 heteroatoms. The van der Waals surface area contributed by atoms with Crippen molar-refractivity contribution in [3.8, 4) is 0 Å². The van der Waals surface area contributed by atoms with Gasteiger partial charge in [-0.2, -0.15) is 0 Å². The molecule has 5 nitrogen and oxygen atoms in total. The number of hydrogen-bond donors (Lipinski definition) is 2. The SMILES string of the molecule is CC(C)CN1CC(C)(C)NC(CCC(=O)O)C1=O. The molecule has 2 N–H and O–H groups in total. The highest BCUT2D eigenvalue weighted by atomic mass is 16.4. The van der Waals surface area contributed by atoms with Crippen molar-refractivity contribution in [1.29, 1.82) is 0 Å². The number of carbonyl (C=O) groups excluding carboxylic acids is 1. The van der Waals surface area contributed by atoms with E-state index in [0.717, 1.165) is 6.54 Å². The van der Waals surface area contributed by atoms with Crippen LogP contribution in [-0.4, -0.2) is 46.6 Å². The molecule has 0 radical (unpaired) electrons. The van der Waals surface area contributed by atoms with E-state index in [1.165, 1.54) is 0 Å². The van der Waals surface area contributed by atoms with Crippen molar-refractivity contribution in [2.45, 2.75) is 52.1 Å². The second-order valence-electron chi connectivity index (χ2n) is 6.13. The number of nitrogens with one attached hydrogen (secondary N) is 1. The summed E-state index contributed by atoms with van der Waals surface area (Å²) >= 11 is 0. The van der Waals surface area contributed by atoms with Crippen LogP contribution in [0, 0.1) is 5.92 Å². The molecule has 1 fully saturated rings. The highest BCUT2D eigenvalue weighted by Crippen LogP contribution is 2.19. The molecule has 1 saturated heterocycles. The summed E-state index contributed by atoms with van der Waals surface area (Å²) in [7, 11) is 0. The molecule has 0 aliphatic carbocycles. The minimum absolute atomic E-state index is 0.0228. The Bertz CT molecular complexity index is 326. The Labute approximate surface area is 109 Å². The van der Waals surface area contributed by atoms with Crippen LogP contribution in [0.5, 0.6) is 0 Å². The van der Waals surface area contributed by atoms with E-state index < -0.39 is 5.97 Å². The fourth-order valence-electron chi connectivity index (χ4n) is 2.41. The average Bonchev–Trinajstić information content (AvgIpc) is 2.19. The first-order valence-electron chi connectivity index (χ1n) is 6.49. The predicted molar refractivity (Wildman–Crippen MR) is 69.3 cm³/mol. The van der Waals surface area contributed by atoms with Crippen LogP contribution < -0.4 is 5.32 Å². The largest absolute Gasteiger partial charge is 0.481 e. The van der Waals surface area contributed by atoms with Gasteiger partial charge < -0.3 is 10.0 Å². The highest BCUT2D eigenvalue weighted by molar-refractivity contribution is 5.83. The topological polar surface area (TPSA) is 69.6 Å². The maximum atomic E-state index is 12.2. The molecule has 1 rings (SSSR count). The van der Waals surface area contributed by atoms with Crippen LogP contribution in [0.1, 0.15) is 40.5 Å². The summed E-state index contributed by atoms with van der Waals surface area (Å²) < 4.78 is 0. The van der Waals surface area contributed by atoms with E-state index in [4.69, 9.17) is 5.11 Å². The lowest BCUT2D eigenvalue weighted by Crippen LogP contribution is -2.65. The molecule has 104 valence electrons. The molecule has 18 heavy (non-hydrogen) atoms. The van der Waals surface area contributed by atoms with E-state index in [1.54, 1.807) is 0 Å². The third-order valence-electron chi connectivity index (χ3n) is 2.99. The van der Waals surface area contributed by atoms with E-state index in [0.29, 0.717) is 18.9 Å². The number of amides is 1. The smallest absolute Gasteiger partial charge is 0.303 e. The van der Waals surface area contributed by atoms with Crippen LogP contribution in [0.15, 0.2) is 0 Å². The van der Waals surface area contributed by atoms with Gasteiger partial charge in [-0.25, -0.2) is 0 Å². The van der Waals surface area contributed by atoms with Crippen molar-refractivity contribution in [1.82, 2.24) is 10.2 Å². The molecule has 0 spiro atoms. The number of carbonyl (C=O) groups is 2. The first-order valence-corrected chi connectivity index (χ1v) is 6.49. The lowest BCUT2D eigenvalue weighted by molar-refractivity contribution is -0.141. The normalized spacial score (nSPS) is 23.5. The van der Waals surface area contributed by atoms with E-state index in [1.807, 2.05) is 18.7 Å². The lowest BCUT2D eigenvalue weighted by atomic mass is 9.95. The fraction of sp³-hybridized carbons (Fsp3) is 0.846. The quantitative estimate of drug-likeness (QED) is 0.772. The first-order chi connectivity index (χ1) is 8.21. The number of carboxylic acids is 1. The van der Waals surface area contributed by atoms with Gasteiger partial charge in [0.15, 0.2) is 0 Å². The molecule has 1 atom stereocenters. The zero-order chi connectivity index (χ0) is 13.9. The number of carboxylic acid groups (broad SMARTS) is 1. The second kappa shape index (κ2) is 5.69. The molecule has 1 heterocycles. The number of nitrogens with zero attached hydrogens (tertiary/aromatic N) is 1. The summed E-state index contributed by atoms with van der Waals surface area (Å²) in [6.07, 6.45) is 0.376. The van der Waals surface area contributed by atoms with Gasteiger partial charge in [0.25, 0.3) is 0 Å². The number of rotatable bonds is 5. The molecule has 0 aromatic carbocycles. The third-order valence-corrected chi connectivity index (χ3v) is 2.99. The van der Waals surface area contributed by atoms with E-state index in [2.05, 4.69) is 19.2 Å². The third kappa shape index (κ3) is 4.29. The summed E-state index contributed by atoms with van der Waals surface area (Å²) in [6, 6.07) is -0.372. The molecule has 1 amide bonds. The van der Waals surface area contributed by atoms with Crippen molar-refractivity contribution in [2.75, 3.05) is 13.1 Å². The number of hydrogen-bond acceptors (Lipinski definition) is 3. The molecule has 1 unspecified atom stereocenters. The van der Waals surface area contributed by atoms with Crippen LogP contribution in [-0.2, 0) is 9.59 Å². The fourth-order valence-corrected chi connectivity index (χ4v) is 2.41. The van der Waals surface area contributed by atoms with Crippen LogP contribution in [0.2, 0.25) is 0 Å². The molecule has 0 bridgehead atoms. The van der Waals surface area contributed by atoms with Gasteiger partial charge in [0, 0.05) is 25.0 Å². The van der Waals surface area contributed by atoms with Gasteiger partial charge >= 0.3 is 5.97 Å². The van der Waals surface area contributed by atoms with Crippen LogP contribution in [0.25, 0.3) is 0 Å². The van der Waals surface area contributed by atoms with Gasteiger partial charge in [-0.1, -0.05) is 13.8 Å². The monoisotopic (exact) mass is 256 g/mol. The molecule has 0 aromatic rings. The summed E-state index contributed by atoms with van der Waals surface area (Å²) in [5.74, 6) is -0.407. The number of piperazine rings is 1. The van der Waals surface area contributed by atoms with Crippen LogP contribution >= 0.6 is 0 Å². The Morgan fingerprint density at radius 1 is 1.56 bits per heavy atom. The summed E-state index contributed by atoms with van der Waals surface area (Å²) in [4.78, 5) is 24.7. The zero-order valence-electron chi connectivity index (χ0n) is 11.7. The molecule has 0 aromatic heterocycles. The van der Waals surface area contributed by atoms with Gasteiger partial charge in [0.2, 0.25) is 5.91 Å². The summed E-state index contributed by atoms with van der Waals surface area (Å²) in [6.45, 7) is 9.64. The standard InChI is InChI=1S/C13H24N2O3/c1-9(2)7-15-8-13(3,4)14-10(12(15)18)5-6-11(16)17/h9-10,14H,5-8H2,1-4H3,(H,16,17). The Balaban J connectivity index is 2.71. The molecule has 1 aliphatic heterocycles. The van der Waals surface area contributed by atoms with E-state index in [9.17, 15) is 9.59 Å². The van der Waals surface area contributed by atoms with Gasteiger partial charge in [-0.05, 0) is 26.2 Å². The van der Waals surface area contributed by atoms with Crippen LogP contribution in [0.4, 0.5) is 0 Å². The zero-order valence-corrected chi connectivity index (χ0v) is 11.7. The van der Waals surface area contributed by atoms with E-state index >= 15 is 0 Å². The molecule has 1 aliphatic rings. The lowest BCUT2D eigenvalue weighted by Gasteiger charge is -2.43. The molecular weight excluding hydrogens is 232 g/mol. The predicted octanol–water partition coefficient (Wildman–Crippen LogP) is 1.09. The van der Waals surface area contributed by atoms with Crippen molar-refractivity contribution < 1.29 is 14.7 Å². The van der Waals surface area contributed by atoms with Gasteiger partial charge in [0.1, 0.15) is 0 Å². The minimum Gasteiger partial charge on any atom is -0.481 e. The molecule has 0 saturated carbocycles. The van der Waals surface area contributed by atoms with Crippen molar-refractivity contribution in [3.63, 3.8) is 0 Å². The summed E-state index contributed by atoms with van der Waals surface area (Å²) in [5.41, 5.74) is -0.161. The second-order valence-corrected chi connectivity index (χ2v) is 6.13. The van der Waals surface area contributed by atoms with Crippen molar-refractivity contribution >= 4 is 11.9 Å². The summed E-state index contributed by atoms with van der Waals surface area (Å²) in [5, 5.41) is 12.0.